The van der Waals surface area contributed by atoms with Gasteiger partial charge in [0.25, 0.3) is 0 Å². The number of carbonyl (C=O) groups excluding carboxylic acids is 1. The van der Waals surface area contributed by atoms with Crippen molar-refractivity contribution in [1.29, 1.82) is 0 Å². The fourth-order valence-corrected chi connectivity index (χ4v) is 5.53. The van der Waals surface area contributed by atoms with E-state index in [1.54, 1.807) is 4.90 Å². The van der Waals surface area contributed by atoms with Crippen LogP contribution in [-0.4, -0.2) is 38.0 Å². The van der Waals surface area contributed by atoms with Crippen molar-refractivity contribution in [2.75, 3.05) is 21.3 Å². The Balaban J connectivity index is 1.79. The van der Waals surface area contributed by atoms with E-state index in [-0.39, 0.29) is 17.5 Å². The zero-order valence-electron chi connectivity index (χ0n) is 13.6. The Labute approximate surface area is 145 Å². The minimum Gasteiger partial charge on any atom is -0.288 e. The number of aryl methyl sites for hydroxylation is 1. The van der Waals surface area contributed by atoms with Crippen molar-refractivity contribution in [3.63, 3.8) is 0 Å². The average molecular weight is 360 g/mol. The van der Waals surface area contributed by atoms with Crippen molar-refractivity contribution in [2.24, 2.45) is 0 Å². The number of fused-ring (bicyclic) bond motifs is 1. The lowest BCUT2D eigenvalue weighted by atomic mass is 10.1. The molecule has 4 rings (SSSR count). The van der Waals surface area contributed by atoms with Gasteiger partial charge in [0.05, 0.1) is 23.6 Å². The number of nitrogens with zero attached hydrogens (tertiary/aromatic N) is 2. The van der Waals surface area contributed by atoms with E-state index in [2.05, 4.69) is 0 Å². The second-order valence-electron chi connectivity index (χ2n) is 6.55. The summed E-state index contributed by atoms with van der Waals surface area (Å²) in [4.78, 5) is 16.1. The number of sulfone groups is 1. The Morgan fingerprint density at radius 2 is 1.32 bits per heavy atom. The number of rotatable bonds is 2. The van der Waals surface area contributed by atoms with Crippen molar-refractivity contribution in [1.82, 2.24) is 0 Å². The van der Waals surface area contributed by atoms with E-state index in [1.807, 2.05) is 31.2 Å². The average Bonchev–Trinajstić information content (AvgIpc) is 2.99. The maximum absolute atomic E-state index is 13.2. The van der Waals surface area contributed by atoms with Crippen LogP contribution in [0.25, 0.3) is 0 Å². The molecule has 0 spiro atoms. The summed E-state index contributed by atoms with van der Waals surface area (Å²) in [6.45, 7) is 1.95. The molecule has 2 saturated heterocycles. The minimum absolute atomic E-state index is 0.0605. The molecule has 2 heterocycles. The van der Waals surface area contributed by atoms with Gasteiger partial charge in [-0.2, -0.15) is 0 Å². The molecule has 25 heavy (non-hydrogen) atoms. The fraction of sp³-hybridized carbons (Fsp3) is 0.278. The number of halogens is 1. The van der Waals surface area contributed by atoms with Crippen LogP contribution in [0, 0.1) is 12.7 Å². The largest absolute Gasteiger partial charge is 0.329 e. The Bertz CT molecular complexity index is 856. The summed E-state index contributed by atoms with van der Waals surface area (Å²) in [6, 6.07) is 11.8. The van der Waals surface area contributed by atoms with Gasteiger partial charge in [-0.25, -0.2) is 17.6 Å². The van der Waals surface area contributed by atoms with Crippen LogP contribution in [0.3, 0.4) is 0 Å². The molecular weight excluding hydrogens is 343 g/mol. The predicted octanol–water partition coefficient (Wildman–Crippen LogP) is 2.75. The Hall–Kier alpha value is -2.41. The number of hydrogen-bond donors (Lipinski definition) is 0. The monoisotopic (exact) mass is 360 g/mol. The van der Waals surface area contributed by atoms with Crippen molar-refractivity contribution in [2.45, 2.75) is 19.0 Å². The number of benzene rings is 2. The first-order valence-corrected chi connectivity index (χ1v) is 9.83. The van der Waals surface area contributed by atoms with Gasteiger partial charge in [0.1, 0.15) is 5.82 Å². The van der Waals surface area contributed by atoms with E-state index in [0.29, 0.717) is 11.4 Å². The normalized spacial score (nSPS) is 24.6. The topological polar surface area (TPSA) is 57.7 Å². The lowest BCUT2D eigenvalue weighted by Crippen LogP contribution is -2.37. The Morgan fingerprint density at radius 1 is 0.880 bits per heavy atom. The van der Waals surface area contributed by atoms with Crippen molar-refractivity contribution in [3.8, 4) is 0 Å². The standard InChI is InChI=1S/C18H17FN2O3S/c1-12-2-6-14(7-3-12)20-16-10-25(23,24)11-17(16)21(18(20)22)15-8-4-13(19)5-9-15/h2-9,16-17H,10-11H2,1H3/t16-,17-/m0/s1. The smallest absolute Gasteiger partial charge is 0.288 e. The molecule has 2 aromatic rings. The van der Waals surface area contributed by atoms with Crippen LogP contribution in [0.5, 0.6) is 0 Å². The molecule has 5 nitrogen and oxygen atoms in total. The number of amides is 2. The molecule has 0 aromatic heterocycles. The molecule has 130 valence electrons. The molecule has 2 aliphatic heterocycles. The van der Waals surface area contributed by atoms with Crippen LogP contribution in [-0.2, 0) is 9.84 Å². The van der Waals surface area contributed by atoms with Crippen molar-refractivity contribution >= 4 is 27.2 Å². The van der Waals surface area contributed by atoms with E-state index in [0.717, 1.165) is 5.56 Å². The van der Waals surface area contributed by atoms with Crippen LogP contribution in [0.1, 0.15) is 5.56 Å². The van der Waals surface area contributed by atoms with Crippen LogP contribution < -0.4 is 9.80 Å². The molecule has 0 unspecified atom stereocenters. The highest BCUT2D eigenvalue weighted by Crippen LogP contribution is 2.37. The maximum atomic E-state index is 13.2. The van der Waals surface area contributed by atoms with E-state index in [4.69, 9.17) is 0 Å². The third kappa shape index (κ3) is 2.68. The minimum atomic E-state index is -3.24. The summed E-state index contributed by atoms with van der Waals surface area (Å²) in [7, 11) is -3.24. The van der Waals surface area contributed by atoms with Gasteiger partial charge < -0.3 is 0 Å². The number of hydrogen-bond acceptors (Lipinski definition) is 3. The summed E-state index contributed by atoms with van der Waals surface area (Å²) in [5.74, 6) is -0.542. The molecule has 2 fully saturated rings. The van der Waals surface area contributed by atoms with Gasteiger partial charge in [-0.15, -0.1) is 0 Å². The molecule has 0 saturated carbocycles. The van der Waals surface area contributed by atoms with Gasteiger partial charge in [0, 0.05) is 11.4 Å². The number of urea groups is 1. The molecule has 2 aromatic carbocycles. The Morgan fingerprint density at radius 3 is 1.80 bits per heavy atom. The van der Waals surface area contributed by atoms with Gasteiger partial charge in [-0.1, -0.05) is 17.7 Å². The lowest BCUT2D eigenvalue weighted by molar-refractivity contribution is 0.255. The summed E-state index contributed by atoms with van der Waals surface area (Å²) >= 11 is 0. The lowest BCUT2D eigenvalue weighted by Gasteiger charge is -2.22. The number of carbonyl (C=O) groups is 1. The molecule has 2 aliphatic rings. The third-order valence-electron chi connectivity index (χ3n) is 4.79. The maximum Gasteiger partial charge on any atom is 0.329 e. The second kappa shape index (κ2) is 5.56. The molecule has 0 bridgehead atoms. The third-order valence-corrected chi connectivity index (χ3v) is 6.48. The Kier molecular flexibility index (Phi) is 3.57. The van der Waals surface area contributed by atoms with Crippen LogP contribution in [0.2, 0.25) is 0 Å². The highest BCUT2D eigenvalue weighted by molar-refractivity contribution is 7.91. The highest BCUT2D eigenvalue weighted by Gasteiger charge is 2.54. The molecule has 0 N–H and O–H groups in total. The first kappa shape index (κ1) is 16.1. The van der Waals surface area contributed by atoms with Crippen LogP contribution in [0.15, 0.2) is 48.5 Å². The van der Waals surface area contributed by atoms with E-state index >= 15 is 0 Å². The van der Waals surface area contributed by atoms with Gasteiger partial charge in [0.15, 0.2) is 9.84 Å². The molecular formula is C18H17FN2O3S. The molecule has 0 radical (unpaired) electrons. The predicted molar refractivity (Wildman–Crippen MR) is 94.2 cm³/mol. The summed E-state index contributed by atoms with van der Waals surface area (Å²) in [5, 5.41) is 0. The van der Waals surface area contributed by atoms with Gasteiger partial charge in [-0.3, -0.25) is 9.80 Å². The molecule has 7 heteroatoms. The molecule has 0 aliphatic carbocycles. The van der Waals surface area contributed by atoms with Crippen molar-refractivity contribution in [3.05, 3.63) is 59.9 Å². The summed E-state index contributed by atoms with van der Waals surface area (Å²) in [6.07, 6.45) is 0. The van der Waals surface area contributed by atoms with Crippen LogP contribution >= 0.6 is 0 Å². The van der Waals surface area contributed by atoms with Gasteiger partial charge >= 0.3 is 6.03 Å². The van der Waals surface area contributed by atoms with Crippen molar-refractivity contribution < 1.29 is 17.6 Å². The van der Waals surface area contributed by atoms with Gasteiger partial charge in [-0.05, 0) is 43.3 Å². The first-order valence-electron chi connectivity index (χ1n) is 8.01. The van der Waals surface area contributed by atoms with E-state index < -0.39 is 27.7 Å². The van der Waals surface area contributed by atoms with Crippen LogP contribution in [0.4, 0.5) is 20.6 Å². The summed E-state index contributed by atoms with van der Waals surface area (Å²) in [5.41, 5.74) is 2.24. The quantitative estimate of drug-likeness (QED) is 0.774. The van der Waals surface area contributed by atoms with E-state index in [1.165, 1.54) is 29.2 Å². The zero-order chi connectivity index (χ0) is 17.8. The fourth-order valence-electron chi connectivity index (χ4n) is 3.61. The molecule has 2 atom stereocenters. The van der Waals surface area contributed by atoms with Gasteiger partial charge in [0.2, 0.25) is 0 Å². The SMILES string of the molecule is Cc1ccc(N2C(=O)N(c3ccc(F)cc3)[C@H]3CS(=O)(=O)C[C@@H]32)cc1. The summed E-state index contributed by atoms with van der Waals surface area (Å²) < 4.78 is 37.6. The first-order chi connectivity index (χ1) is 11.9. The molecule has 2 amide bonds. The zero-order valence-corrected chi connectivity index (χ0v) is 14.4. The second-order valence-corrected chi connectivity index (χ2v) is 8.70. The van der Waals surface area contributed by atoms with E-state index in [9.17, 15) is 17.6 Å². The highest BCUT2D eigenvalue weighted by atomic mass is 32.2. The number of anilines is 2.